The first-order valence-electron chi connectivity index (χ1n) is 18.6. The molecule has 0 radical (unpaired) electrons. The average Bonchev–Trinajstić information content (AvgIpc) is 3.55. The van der Waals surface area contributed by atoms with E-state index in [1.54, 1.807) is 0 Å². The first-order chi connectivity index (χ1) is 26.0. The Morgan fingerprint density at radius 3 is 2.00 bits per heavy atom. The molecule has 0 atom stereocenters. The molecule has 0 bridgehead atoms. The number of para-hydroxylation sites is 1. The molecule has 0 spiro atoms. The van der Waals surface area contributed by atoms with E-state index in [1.165, 1.54) is 0 Å². The van der Waals surface area contributed by atoms with Crippen LogP contribution in [0.2, 0.25) is 0 Å². The Morgan fingerprint density at radius 2 is 1.25 bits per heavy atom. The second-order valence-electron chi connectivity index (χ2n) is 16.4. The van der Waals surface area contributed by atoms with Crippen molar-refractivity contribution in [3.05, 3.63) is 157 Å². The SMILES string of the molecule is CC(C)(C)c1cc(-c2nc3c(-c4[c-]c(-c5cc6ccccc6cn5)c5ccccc5c4)cccc3n2-c2cccc3ccccc23)c(O)c(C(C)(C)C)c1.[Pt]. The molecule has 0 aliphatic rings. The van der Waals surface area contributed by atoms with Gasteiger partial charge in [0.05, 0.1) is 22.3 Å². The Bertz CT molecular complexity index is 2920. The molecule has 0 fully saturated rings. The van der Waals surface area contributed by atoms with Crippen molar-refractivity contribution in [2.24, 2.45) is 0 Å². The van der Waals surface area contributed by atoms with Crippen LogP contribution in [0, 0.1) is 6.07 Å². The molecule has 2 aromatic heterocycles. The smallest absolute Gasteiger partial charge is 0.148 e. The summed E-state index contributed by atoms with van der Waals surface area (Å²) in [7, 11) is 0. The molecule has 0 unspecified atom stereocenters. The number of pyridine rings is 1. The van der Waals surface area contributed by atoms with Gasteiger partial charge in [-0.15, -0.1) is 17.7 Å². The molecule has 1 N–H and O–H groups in total. The fourth-order valence-electron chi connectivity index (χ4n) is 7.77. The number of rotatable bonds is 4. The minimum absolute atomic E-state index is 0. The molecule has 9 aromatic rings. The van der Waals surface area contributed by atoms with Gasteiger partial charge in [0.2, 0.25) is 0 Å². The first-order valence-corrected chi connectivity index (χ1v) is 18.6. The molecule has 5 heteroatoms. The van der Waals surface area contributed by atoms with E-state index >= 15 is 0 Å². The van der Waals surface area contributed by atoms with Gasteiger partial charge < -0.3 is 5.11 Å². The fourth-order valence-corrected chi connectivity index (χ4v) is 7.77. The molecule has 274 valence electrons. The summed E-state index contributed by atoms with van der Waals surface area (Å²) in [6.45, 7) is 13.1. The minimum Gasteiger partial charge on any atom is -0.507 e. The van der Waals surface area contributed by atoms with Crippen LogP contribution in [-0.4, -0.2) is 19.6 Å². The van der Waals surface area contributed by atoms with Crippen molar-refractivity contribution in [1.29, 1.82) is 0 Å². The van der Waals surface area contributed by atoms with Crippen LogP contribution < -0.4 is 0 Å². The number of nitrogens with zero attached hydrogens (tertiary/aromatic N) is 3. The second kappa shape index (κ2) is 13.6. The predicted octanol–water partition coefficient (Wildman–Crippen LogP) is 13.0. The van der Waals surface area contributed by atoms with Crippen molar-refractivity contribution in [2.75, 3.05) is 0 Å². The quantitative estimate of drug-likeness (QED) is 0.179. The molecule has 4 nitrogen and oxygen atoms in total. The monoisotopic (exact) mass is 895 g/mol. The number of benzene rings is 7. The van der Waals surface area contributed by atoms with Gasteiger partial charge >= 0.3 is 0 Å². The fraction of sp³-hybridized carbons (Fsp3) is 0.160. The summed E-state index contributed by atoms with van der Waals surface area (Å²) in [5.74, 6) is 0.955. The summed E-state index contributed by atoms with van der Waals surface area (Å²) in [4.78, 5) is 10.5. The summed E-state index contributed by atoms with van der Waals surface area (Å²) in [6.07, 6.45) is 1.95. The predicted molar refractivity (Wildman–Crippen MR) is 226 cm³/mol. The Kier molecular flexibility index (Phi) is 9.02. The van der Waals surface area contributed by atoms with Gasteiger partial charge in [0.15, 0.2) is 0 Å². The van der Waals surface area contributed by atoms with Crippen LogP contribution in [0.1, 0.15) is 52.7 Å². The number of fused-ring (bicyclic) bond motifs is 4. The molecule has 2 heterocycles. The maximum absolute atomic E-state index is 12.3. The van der Waals surface area contributed by atoms with E-state index in [0.29, 0.717) is 11.4 Å². The zero-order valence-electron chi connectivity index (χ0n) is 31.9. The molecule has 0 aliphatic carbocycles. The average molecular weight is 896 g/mol. The van der Waals surface area contributed by atoms with Crippen molar-refractivity contribution in [1.82, 2.24) is 14.5 Å². The van der Waals surface area contributed by atoms with E-state index in [1.807, 2.05) is 12.3 Å². The van der Waals surface area contributed by atoms with Crippen molar-refractivity contribution < 1.29 is 26.2 Å². The van der Waals surface area contributed by atoms with E-state index < -0.39 is 0 Å². The summed E-state index contributed by atoms with van der Waals surface area (Å²) in [6, 6.07) is 50.5. The number of imidazole rings is 1. The van der Waals surface area contributed by atoms with Gasteiger partial charge in [-0.2, -0.15) is 0 Å². The largest absolute Gasteiger partial charge is 0.507 e. The molecule has 0 aliphatic heterocycles. The number of phenols is 1. The third kappa shape index (κ3) is 6.33. The molecular weight excluding hydrogens is 854 g/mol. The Labute approximate surface area is 336 Å². The van der Waals surface area contributed by atoms with E-state index in [4.69, 9.17) is 9.97 Å². The Balaban J connectivity index is 0.00000427. The summed E-state index contributed by atoms with van der Waals surface area (Å²) in [5, 5.41) is 18.9. The van der Waals surface area contributed by atoms with Crippen LogP contribution in [0.4, 0.5) is 0 Å². The first kappa shape index (κ1) is 36.4. The van der Waals surface area contributed by atoms with Gasteiger partial charge in [-0.05, 0) is 50.8 Å². The molecule has 0 saturated carbocycles. The zero-order valence-corrected chi connectivity index (χ0v) is 34.2. The number of phenolic OH excluding ortho intramolecular Hbond substituents is 1. The number of hydrogen-bond donors (Lipinski definition) is 1. The maximum atomic E-state index is 12.3. The van der Waals surface area contributed by atoms with Gasteiger partial charge in [-0.1, -0.05) is 173 Å². The van der Waals surface area contributed by atoms with Crippen molar-refractivity contribution >= 4 is 43.4 Å². The van der Waals surface area contributed by atoms with Crippen molar-refractivity contribution in [3.63, 3.8) is 0 Å². The molecule has 9 rings (SSSR count). The van der Waals surface area contributed by atoms with Gasteiger partial charge in [-0.25, -0.2) is 4.98 Å². The van der Waals surface area contributed by atoms with Crippen LogP contribution >= 0.6 is 0 Å². The number of aromatic hydroxyl groups is 1. The van der Waals surface area contributed by atoms with Crippen molar-refractivity contribution in [3.8, 4) is 45.2 Å². The van der Waals surface area contributed by atoms with Crippen LogP contribution in [0.5, 0.6) is 5.75 Å². The summed E-state index contributed by atoms with van der Waals surface area (Å²) in [5.41, 5.74) is 8.81. The molecular formula is C50H42N3OPt-. The third-order valence-electron chi connectivity index (χ3n) is 10.7. The van der Waals surface area contributed by atoms with E-state index in [2.05, 4.69) is 180 Å². The van der Waals surface area contributed by atoms with Gasteiger partial charge in [0.1, 0.15) is 11.6 Å². The summed E-state index contributed by atoms with van der Waals surface area (Å²) < 4.78 is 2.24. The van der Waals surface area contributed by atoms with E-state index in [-0.39, 0.29) is 37.6 Å². The maximum Gasteiger partial charge on any atom is 0.148 e. The van der Waals surface area contributed by atoms with Crippen molar-refractivity contribution in [2.45, 2.75) is 52.4 Å². The van der Waals surface area contributed by atoms with Crippen LogP contribution in [0.15, 0.2) is 140 Å². The topological polar surface area (TPSA) is 50.9 Å². The molecule has 55 heavy (non-hydrogen) atoms. The number of aromatic nitrogens is 3. The van der Waals surface area contributed by atoms with Crippen LogP contribution in [-0.2, 0) is 31.9 Å². The van der Waals surface area contributed by atoms with Crippen LogP contribution in [0.25, 0.3) is 82.8 Å². The normalized spacial score (nSPS) is 12.1. The van der Waals surface area contributed by atoms with Gasteiger partial charge in [-0.3, -0.25) is 9.55 Å². The molecule has 0 saturated heterocycles. The minimum atomic E-state index is -0.297. The number of hydrogen-bond acceptors (Lipinski definition) is 3. The van der Waals surface area contributed by atoms with Crippen LogP contribution in [0.3, 0.4) is 0 Å². The molecule has 0 amide bonds. The second-order valence-corrected chi connectivity index (χ2v) is 16.4. The van der Waals surface area contributed by atoms with E-state index in [9.17, 15) is 5.11 Å². The van der Waals surface area contributed by atoms with E-state index in [0.717, 1.165) is 82.5 Å². The van der Waals surface area contributed by atoms with Gasteiger partial charge in [0.25, 0.3) is 0 Å². The standard InChI is InChI=1S/C50H42N3O.Pt/c1-49(2,3)36-28-41(47(54)42(29-36)50(4,5)6)48-52-46-39(22-14-24-45(46)53(48)44-23-13-19-31-15-9-12-21-38(31)44)35-25-33-17-10-11-20-37(33)40(26-35)43-27-32-16-7-8-18-34(32)30-51-43;/h7-25,27-30,54H,1-6H3;/q-1;. The third-order valence-corrected chi connectivity index (χ3v) is 10.7. The van der Waals surface area contributed by atoms with Gasteiger partial charge in [0, 0.05) is 43.9 Å². The Hall–Kier alpha value is -5.57. The zero-order chi connectivity index (χ0) is 37.4. The summed E-state index contributed by atoms with van der Waals surface area (Å²) >= 11 is 0. The Morgan fingerprint density at radius 1 is 0.600 bits per heavy atom. The molecule has 7 aromatic carbocycles.